The predicted octanol–water partition coefficient (Wildman–Crippen LogP) is 3.62. The first kappa shape index (κ1) is 19.7. The highest BCUT2D eigenvalue weighted by atomic mass is 32.2. The van der Waals surface area contributed by atoms with E-state index in [4.69, 9.17) is 0 Å². The molecule has 1 N–H and O–H groups in total. The molecular formula is C21H27N3O2S. The minimum absolute atomic E-state index is 0.00138. The van der Waals surface area contributed by atoms with Gasteiger partial charge in [0.25, 0.3) is 5.56 Å². The number of benzene rings is 1. The van der Waals surface area contributed by atoms with Gasteiger partial charge in [-0.05, 0) is 30.4 Å². The van der Waals surface area contributed by atoms with E-state index in [2.05, 4.69) is 30.7 Å². The highest BCUT2D eigenvalue weighted by molar-refractivity contribution is 7.99. The Morgan fingerprint density at radius 1 is 1.37 bits per heavy atom. The summed E-state index contributed by atoms with van der Waals surface area (Å²) in [6.07, 6.45) is 5.11. The van der Waals surface area contributed by atoms with Gasteiger partial charge in [0.2, 0.25) is 5.91 Å². The Hall–Kier alpha value is -2.08. The van der Waals surface area contributed by atoms with Gasteiger partial charge < -0.3 is 5.32 Å². The van der Waals surface area contributed by atoms with E-state index in [1.54, 1.807) is 16.7 Å². The molecule has 5 nitrogen and oxygen atoms in total. The van der Waals surface area contributed by atoms with Crippen LogP contribution in [0.3, 0.4) is 0 Å². The van der Waals surface area contributed by atoms with Crippen molar-refractivity contribution in [1.82, 2.24) is 14.9 Å². The van der Waals surface area contributed by atoms with E-state index >= 15 is 0 Å². The summed E-state index contributed by atoms with van der Waals surface area (Å²) in [6.45, 7) is 8.57. The second-order valence-corrected chi connectivity index (χ2v) is 8.29. The molecule has 1 amide bonds. The van der Waals surface area contributed by atoms with Crippen LogP contribution in [0, 0.1) is 11.8 Å². The molecule has 27 heavy (non-hydrogen) atoms. The molecule has 1 saturated carbocycles. The van der Waals surface area contributed by atoms with Crippen LogP contribution in [-0.2, 0) is 11.3 Å². The van der Waals surface area contributed by atoms with Crippen molar-refractivity contribution in [2.45, 2.75) is 50.9 Å². The third kappa shape index (κ3) is 4.43. The summed E-state index contributed by atoms with van der Waals surface area (Å²) in [5.41, 5.74) is 0.554. The Balaban J connectivity index is 1.74. The van der Waals surface area contributed by atoms with Crippen molar-refractivity contribution in [2.24, 2.45) is 11.8 Å². The highest BCUT2D eigenvalue weighted by Crippen LogP contribution is 2.29. The Morgan fingerprint density at radius 3 is 2.93 bits per heavy atom. The zero-order valence-electron chi connectivity index (χ0n) is 16.0. The minimum atomic E-state index is -0.0989. The lowest BCUT2D eigenvalue weighted by Gasteiger charge is -2.34. The standard InChI is InChI=1S/C21H27N3O2S/c1-4-12-24-20(26)16-9-5-6-10-18(16)23-21(24)27-13-19(25)22-17-11-7-8-14(2)15(17)3/h4-6,9-10,14-15,17H,1,7-8,11-13H2,2-3H3,(H,22,25). The topological polar surface area (TPSA) is 64.0 Å². The third-order valence-corrected chi connectivity index (χ3v) is 6.50. The van der Waals surface area contributed by atoms with Crippen LogP contribution in [0.2, 0.25) is 0 Å². The Labute approximate surface area is 164 Å². The van der Waals surface area contributed by atoms with E-state index in [0.29, 0.717) is 34.4 Å². The van der Waals surface area contributed by atoms with Crippen LogP contribution in [-0.4, -0.2) is 27.3 Å². The summed E-state index contributed by atoms with van der Waals surface area (Å²) in [7, 11) is 0. The fourth-order valence-corrected chi connectivity index (χ4v) is 4.53. The predicted molar refractivity (Wildman–Crippen MR) is 111 cm³/mol. The van der Waals surface area contributed by atoms with Crippen molar-refractivity contribution in [3.05, 3.63) is 47.3 Å². The summed E-state index contributed by atoms with van der Waals surface area (Å²) in [5, 5.41) is 4.31. The molecule has 1 heterocycles. The molecule has 2 aromatic rings. The second-order valence-electron chi connectivity index (χ2n) is 7.35. The fourth-order valence-electron chi connectivity index (χ4n) is 3.71. The van der Waals surface area contributed by atoms with Crippen molar-refractivity contribution in [3.8, 4) is 0 Å². The Kier molecular flexibility index (Phi) is 6.37. The molecule has 0 saturated heterocycles. The molecule has 1 aliphatic carbocycles. The van der Waals surface area contributed by atoms with E-state index in [1.807, 2.05) is 18.2 Å². The first-order chi connectivity index (χ1) is 13.0. The first-order valence-corrected chi connectivity index (χ1v) is 10.5. The number of fused-ring (bicyclic) bond motifs is 1. The van der Waals surface area contributed by atoms with Crippen molar-refractivity contribution < 1.29 is 4.79 Å². The van der Waals surface area contributed by atoms with E-state index in [-0.39, 0.29) is 23.3 Å². The molecule has 6 heteroatoms. The summed E-state index contributed by atoms with van der Waals surface area (Å²) >= 11 is 1.31. The summed E-state index contributed by atoms with van der Waals surface area (Å²) in [6, 6.07) is 7.53. The third-order valence-electron chi connectivity index (χ3n) is 5.52. The Morgan fingerprint density at radius 2 is 2.15 bits per heavy atom. The largest absolute Gasteiger partial charge is 0.352 e. The zero-order chi connectivity index (χ0) is 19.4. The van der Waals surface area contributed by atoms with Crippen molar-refractivity contribution in [2.75, 3.05) is 5.75 Å². The van der Waals surface area contributed by atoms with Crippen molar-refractivity contribution in [1.29, 1.82) is 0 Å². The zero-order valence-corrected chi connectivity index (χ0v) is 16.8. The van der Waals surface area contributed by atoms with Crippen LogP contribution in [0.15, 0.2) is 46.9 Å². The number of nitrogens with zero attached hydrogens (tertiary/aromatic N) is 2. The number of hydrogen-bond donors (Lipinski definition) is 1. The fraction of sp³-hybridized carbons (Fsp3) is 0.476. The van der Waals surface area contributed by atoms with Gasteiger partial charge in [-0.3, -0.25) is 14.2 Å². The molecule has 0 radical (unpaired) electrons. The van der Waals surface area contributed by atoms with Gasteiger partial charge in [0.1, 0.15) is 0 Å². The maximum atomic E-state index is 12.7. The molecule has 3 unspecified atom stereocenters. The smallest absolute Gasteiger partial charge is 0.262 e. The average molecular weight is 386 g/mol. The number of allylic oxidation sites excluding steroid dienone is 1. The molecule has 1 aliphatic rings. The van der Waals surface area contributed by atoms with E-state index in [0.717, 1.165) is 12.8 Å². The molecule has 3 atom stereocenters. The molecule has 1 aromatic heterocycles. The van der Waals surface area contributed by atoms with Crippen molar-refractivity contribution >= 4 is 28.6 Å². The van der Waals surface area contributed by atoms with Gasteiger partial charge in [0.15, 0.2) is 5.16 Å². The molecule has 3 rings (SSSR count). The summed E-state index contributed by atoms with van der Waals surface area (Å²) in [5.74, 6) is 1.38. The Bertz CT molecular complexity index is 893. The van der Waals surface area contributed by atoms with E-state index < -0.39 is 0 Å². The van der Waals surface area contributed by atoms with Gasteiger partial charge in [-0.15, -0.1) is 6.58 Å². The van der Waals surface area contributed by atoms with Gasteiger partial charge in [-0.25, -0.2) is 4.98 Å². The van der Waals surface area contributed by atoms with Gasteiger partial charge in [-0.2, -0.15) is 0 Å². The summed E-state index contributed by atoms with van der Waals surface area (Å²) in [4.78, 5) is 29.8. The minimum Gasteiger partial charge on any atom is -0.352 e. The SMILES string of the molecule is C=CCn1c(SCC(=O)NC2CCCC(C)C2C)nc2ccccc2c1=O. The van der Waals surface area contributed by atoms with Gasteiger partial charge in [0, 0.05) is 12.6 Å². The van der Waals surface area contributed by atoms with Crippen LogP contribution in [0.1, 0.15) is 33.1 Å². The van der Waals surface area contributed by atoms with Crippen LogP contribution in [0.25, 0.3) is 10.9 Å². The number of nitrogens with one attached hydrogen (secondary N) is 1. The van der Waals surface area contributed by atoms with Crippen LogP contribution in [0.4, 0.5) is 0 Å². The van der Waals surface area contributed by atoms with Crippen molar-refractivity contribution in [3.63, 3.8) is 0 Å². The number of rotatable bonds is 6. The lowest BCUT2D eigenvalue weighted by molar-refractivity contribution is -0.120. The molecule has 1 fully saturated rings. The second kappa shape index (κ2) is 8.74. The molecule has 0 bridgehead atoms. The quantitative estimate of drug-likeness (QED) is 0.469. The number of thioether (sulfide) groups is 1. The normalized spacial score (nSPS) is 22.5. The van der Waals surface area contributed by atoms with E-state index in [1.165, 1.54) is 18.2 Å². The van der Waals surface area contributed by atoms with E-state index in [9.17, 15) is 9.59 Å². The molecule has 0 spiro atoms. The average Bonchev–Trinajstić information content (AvgIpc) is 2.66. The number of aromatic nitrogens is 2. The molecule has 144 valence electrons. The van der Waals surface area contributed by atoms with Gasteiger partial charge >= 0.3 is 0 Å². The number of carbonyl (C=O) groups excluding carboxylic acids is 1. The molecular weight excluding hydrogens is 358 g/mol. The lowest BCUT2D eigenvalue weighted by atomic mass is 9.78. The highest BCUT2D eigenvalue weighted by Gasteiger charge is 2.28. The molecule has 1 aromatic carbocycles. The number of hydrogen-bond acceptors (Lipinski definition) is 4. The monoisotopic (exact) mass is 385 g/mol. The number of carbonyl (C=O) groups is 1. The first-order valence-electron chi connectivity index (χ1n) is 9.54. The lowest BCUT2D eigenvalue weighted by Crippen LogP contribution is -2.44. The van der Waals surface area contributed by atoms with Crippen LogP contribution < -0.4 is 10.9 Å². The van der Waals surface area contributed by atoms with Crippen LogP contribution in [0.5, 0.6) is 0 Å². The number of para-hydroxylation sites is 1. The van der Waals surface area contributed by atoms with Gasteiger partial charge in [-0.1, -0.05) is 56.7 Å². The van der Waals surface area contributed by atoms with Gasteiger partial charge in [0.05, 0.1) is 16.7 Å². The number of amides is 1. The van der Waals surface area contributed by atoms with Crippen LogP contribution >= 0.6 is 11.8 Å². The maximum Gasteiger partial charge on any atom is 0.262 e. The molecule has 0 aliphatic heterocycles. The maximum absolute atomic E-state index is 12.7. The summed E-state index contributed by atoms with van der Waals surface area (Å²) < 4.78 is 1.58.